The van der Waals surface area contributed by atoms with Crippen LogP contribution < -0.4 is 5.73 Å². The molecule has 0 fully saturated rings. The Morgan fingerprint density at radius 1 is 0.789 bits per heavy atom. The second kappa shape index (κ2) is 4.08. The van der Waals surface area contributed by atoms with Gasteiger partial charge in [0.1, 0.15) is 0 Å². The Morgan fingerprint density at radius 2 is 1.47 bits per heavy atom. The topological polar surface area (TPSA) is 60.2 Å². The lowest BCUT2D eigenvalue weighted by atomic mass is 9.83. The highest BCUT2D eigenvalue weighted by atomic mass is 35.5. The van der Waals surface area contributed by atoms with Crippen LogP contribution in [0.25, 0.3) is 0 Å². The summed E-state index contributed by atoms with van der Waals surface area (Å²) >= 11 is 11.9. The SMILES string of the molecule is Nc1c(Cl)ccc2c1C(=O)c1c(Cl)cccc1C2=O. The molecule has 5 heteroatoms. The molecule has 1 aliphatic carbocycles. The number of hydrogen-bond donors (Lipinski definition) is 1. The van der Waals surface area contributed by atoms with Gasteiger partial charge >= 0.3 is 0 Å². The molecule has 0 radical (unpaired) electrons. The Balaban J connectivity index is 2.40. The molecule has 0 heterocycles. The first-order valence-electron chi connectivity index (χ1n) is 5.48. The van der Waals surface area contributed by atoms with E-state index in [1.54, 1.807) is 18.2 Å². The van der Waals surface area contributed by atoms with Gasteiger partial charge in [-0.1, -0.05) is 35.3 Å². The zero-order valence-electron chi connectivity index (χ0n) is 9.54. The van der Waals surface area contributed by atoms with Gasteiger partial charge in [0.2, 0.25) is 0 Å². The Hall–Kier alpha value is -1.84. The van der Waals surface area contributed by atoms with Gasteiger partial charge < -0.3 is 5.73 Å². The van der Waals surface area contributed by atoms with Crippen molar-refractivity contribution in [1.82, 2.24) is 0 Å². The number of fused-ring (bicyclic) bond motifs is 2. The average Bonchev–Trinajstić information content (AvgIpc) is 2.39. The number of nitrogen functional groups attached to an aromatic ring is 1. The summed E-state index contributed by atoms with van der Waals surface area (Å²) in [5, 5.41) is 0.483. The third-order valence-electron chi connectivity index (χ3n) is 3.15. The van der Waals surface area contributed by atoms with Crippen LogP contribution in [0.5, 0.6) is 0 Å². The number of nitrogens with two attached hydrogens (primary N) is 1. The minimum atomic E-state index is -0.366. The molecule has 0 aromatic heterocycles. The molecule has 2 N–H and O–H groups in total. The zero-order valence-corrected chi connectivity index (χ0v) is 11.0. The summed E-state index contributed by atoms with van der Waals surface area (Å²) < 4.78 is 0. The summed E-state index contributed by atoms with van der Waals surface area (Å²) in [4.78, 5) is 24.8. The van der Waals surface area contributed by atoms with Crippen LogP contribution in [0.4, 0.5) is 5.69 Å². The maximum absolute atomic E-state index is 12.5. The first-order chi connectivity index (χ1) is 9.02. The molecule has 0 bridgehead atoms. The molecule has 2 aromatic carbocycles. The van der Waals surface area contributed by atoms with Gasteiger partial charge in [-0.15, -0.1) is 0 Å². The molecule has 0 saturated carbocycles. The number of halogens is 2. The van der Waals surface area contributed by atoms with Crippen molar-refractivity contribution in [2.75, 3.05) is 5.73 Å². The molecule has 19 heavy (non-hydrogen) atoms. The first-order valence-corrected chi connectivity index (χ1v) is 6.24. The minimum Gasteiger partial charge on any atom is -0.397 e. The maximum Gasteiger partial charge on any atom is 0.198 e. The second-order valence-electron chi connectivity index (χ2n) is 4.20. The highest BCUT2D eigenvalue weighted by molar-refractivity contribution is 6.41. The molecule has 0 unspecified atom stereocenters. The van der Waals surface area contributed by atoms with Gasteiger partial charge in [-0.05, 0) is 18.2 Å². The van der Waals surface area contributed by atoms with E-state index in [9.17, 15) is 9.59 Å². The van der Waals surface area contributed by atoms with Crippen LogP contribution in [-0.4, -0.2) is 11.6 Å². The Morgan fingerprint density at radius 3 is 2.21 bits per heavy atom. The van der Waals surface area contributed by atoms with Crippen LogP contribution >= 0.6 is 23.2 Å². The quantitative estimate of drug-likeness (QED) is 0.646. The van der Waals surface area contributed by atoms with E-state index in [1.807, 2.05) is 0 Å². The number of hydrogen-bond acceptors (Lipinski definition) is 3. The number of anilines is 1. The van der Waals surface area contributed by atoms with E-state index in [-0.39, 0.29) is 44.0 Å². The lowest BCUT2D eigenvalue weighted by Crippen LogP contribution is -2.22. The summed E-state index contributed by atoms with van der Waals surface area (Å²) in [6.45, 7) is 0. The van der Waals surface area contributed by atoms with Crippen LogP contribution in [0.2, 0.25) is 10.0 Å². The fourth-order valence-corrected chi connectivity index (χ4v) is 2.66. The average molecular weight is 292 g/mol. The van der Waals surface area contributed by atoms with E-state index in [0.717, 1.165) is 0 Å². The lowest BCUT2D eigenvalue weighted by molar-refractivity contribution is 0.0980. The van der Waals surface area contributed by atoms with Gasteiger partial charge in [-0.25, -0.2) is 0 Å². The molecular formula is C14H7Cl2NO2. The summed E-state index contributed by atoms with van der Waals surface area (Å²) in [6.07, 6.45) is 0. The summed E-state index contributed by atoms with van der Waals surface area (Å²) in [5.41, 5.74) is 6.82. The number of carbonyl (C=O) groups is 2. The molecule has 0 atom stereocenters. The van der Waals surface area contributed by atoms with Crippen LogP contribution in [-0.2, 0) is 0 Å². The van der Waals surface area contributed by atoms with Crippen molar-refractivity contribution in [2.24, 2.45) is 0 Å². The number of ketones is 2. The van der Waals surface area contributed by atoms with Gasteiger partial charge in [0, 0.05) is 11.1 Å². The largest absolute Gasteiger partial charge is 0.397 e. The first kappa shape index (κ1) is 12.2. The standard InChI is InChI=1S/C14H7Cl2NO2/c15-8-3-1-2-6-10(8)14(19)11-7(13(6)18)4-5-9(16)12(11)17/h1-5H,17H2. The molecule has 0 amide bonds. The van der Waals surface area contributed by atoms with Crippen molar-refractivity contribution in [3.63, 3.8) is 0 Å². The number of benzene rings is 2. The molecular weight excluding hydrogens is 285 g/mol. The molecule has 3 nitrogen and oxygen atoms in total. The van der Waals surface area contributed by atoms with Crippen molar-refractivity contribution in [3.05, 3.63) is 62.6 Å². The molecule has 0 aliphatic heterocycles. The molecule has 0 spiro atoms. The van der Waals surface area contributed by atoms with E-state index < -0.39 is 0 Å². The minimum absolute atomic E-state index is 0.114. The maximum atomic E-state index is 12.5. The molecule has 0 saturated heterocycles. The third kappa shape index (κ3) is 1.59. The Labute approximate surface area is 118 Å². The van der Waals surface area contributed by atoms with E-state index >= 15 is 0 Å². The van der Waals surface area contributed by atoms with Crippen molar-refractivity contribution < 1.29 is 9.59 Å². The molecule has 3 rings (SSSR count). The Kier molecular flexibility index (Phi) is 2.62. The van der Waals surface area contributed by atoms with Gasteiger partial charge in [-0.3, -0.25) is 9.59 Å². The van der Waals surface area contributed by atoms with Crippen LogP contribution in [0, 0.1) is 0 Å². The summed E-state index contributed by atoms with van der Waals surface area (Å²) in [5.74, 6) is -0.634. The lowest BCUT2D eigenvalue weighted by Gasteiger charge is -2.20. The van der Waals surface area contributed by atoms with Crippen LogP contribution in [0.1, 0.15) is 31.8 Å². The summed E-state index contributed by atoms with van der Waals surface area (Å²) in [6, 6.07) is 7.80. The van der Waals surface area contributed by atoms with Crippen LogP contribution in [0.15, 0.2) is 30.3 Å². The number of rotatable bonds is 0. The van der Waals surface area contributed by atoms with Crippen molar-refractivity contribution in [1.29, 1.82) is 0 Å². The highest BCUT2D eigenvalue weighted by Crippen LogP contribution is 2.36. The monoisotopic (exact) mass is 291 g/mol. The fourth-order valence-electron chi connectivity index (χ4n) is 2.24. The van der Waals surface area contributed by atoms with Crippen molar-refractivity contribution in [2.45, 2.75) is 0 Å². The predicted molar refractivity (Wildman–Crippen MR) is 74.2 cm³/mol. The molecule has 2 aromatic rings. The van der Waals surface area contributed by atoms with Crippen molar-refractivity contribution in [3.8, 4) is 0 Å². The fraction of sp³-hybridized carbons (Fsp3) is 0. The van der Waals surface area contributed by atoms with Gasteiger partial charge in [0.15, 0.2) is 11.6 Å². The van der Waals surface area contributed by atoms with Crippen LogP contribution in [0.3, 0.4) is 0 Å². The van der Waals surface area contributed by atoms with E-state index in [1.165, 1.54) is 12.1 Å². The van der Waals surface area contributed by atoms with E-state index in [2.05, 4.69) is 0 Å². The smallest absolute Gasteiger partial charge is 0.198 e. The number of carbonyl (C=O) groups excluding carboxylic acids is 2. The third-order valence-corrected chi connectivity index (χ3v) is 3.79. The summed E-state index contributed by atoms with van der Waals surface area (Å²) in [7, 11) is 0. The zero-order chi connectivity index (χ0) is 13.7. The highest BCUT2D eigenvalue weighted by Gasteiger charge is 2.33. The van der Waals surface area contributed by atoms with Gasteiger partial charge in [0.05, 0.1) is 26.9 Å². The van der Waals surface area contributed by atoms with Crippen molar-refractivity contribution >= 4 is 40.5 Å². The van der Waals surface area contributed by atoms with E-state index in [4.69, 9.17) is 28.9 Å². The van der Waals surface area contributed by atoms with Gasteiger partial charge in [0.25, 0.3) is 0 Å². The molecule has 1 aliphatic rings. The van der Waals surface area contributed by atoms with Gasteiger partial charge in [-0.2, -0.15) is 0 Å². The second-order valence-corrected chi connectivity index (χ2v) is 5.02. The predicted octanol–water partition coefficient (Wildman–Crippen LogP) is 3.35. The van der Waals surface area contributed by atoms with E-state index in [0.29, 0.717) is 5.56 Å². The molecule has 94 valence electrons. The Bertz CT molecular complexity index is 753. The normalized spacial score (nSPS) is 13.2.